The van der Waals surface area contributed by atoms with Crippen LogP contribution in [0.25, 0.3) is 0 Å². The van der Waals surface area contributed by atoms with E-state index in [-0.39, 0.29) is 29.1 Å². The summed E-state index contributed by atoms with van der Waals surface area (Å²) < 4.78 is 0. The van der Waals surface area contributed by atoms with Crippen LogP contribution < -0.4 is 4.90 Å². The number of para-hydroxylation sites is 1. The van der Waals surface area contributed by atoms with E-state index < -0.39 is 4.92 Å². The number of hydrogen-bond donors (Lipinski definition) is 1. The van der Waals surface area contributed by atoms with Gasteiger partial charge >= 0.3 is 0 Å². The molecule has 2 aliphatic rings. The molecule has 0 amide bonds. The summed E-state index contributed by atoms with van der Waals surface area (Å²) in [7, 11) is 0. The largest absolute Gasteiger partial charge is 0.395 e. The molecule has 1 atom stereocenters. The van der Waals surface area contributed by atoms with Gasteiger partial charge in [0.15, 0.2) is 5.78 Å². The number of β-amino-alcohol motifs (C(OH)–C–C–N with tert-alkyl or cyclic N) is 1. The number of rotatable bonds is 6. The van der Waals surface area contributed by atoms with Crippen molar-refractivity contribution in [3.63, 3.8) is 0 Å². The molecule has 0 fully saturated rings. The lowest BCUT2D eigenvalue weighted by Gasteiger charge is -2.29. The van der Waals surface area contributed by atoms with Crippen LogP contribution in [-0.2, 0) is 10.2 Å². The third kappa shape index (κ3) is 3.34. The van der Waals surface area contributed by atoms with Crippen LogP contribution in [0.1, 0.15) is 18.9 Å². The molecule has 1 heterocycles. The van der Waals surface area contributed by atoms with Crippen LogP contribution in [-0.4, -0.2) is 29.0 Å². The number of allylic oxidation sites excluding steroid dienone is 8. The summed E-state index contributed by atoms with van der Waals surface area (Å²) in [6.45, 7) is 6.35. The minimum Gasteiger partial charge on any atom is -0.395 e. The molecular weight excluding hydrogens is 356 g/mol. The van der Waals surface area contributed by atoms with Gasteiger partial charge in [-0.25, -0.2) is 0 Å². The topological polar surface area (TPSA) is 83.7 Å². The summed E-state index contributed by atoms with van der Waals surface area (Å²) in [5, 5.41) is 20.6. The predicted molar refractivity (Wildman–Crippen MR) is 108 cm³/mol. The second kappa shape index (κ2) is 7.78. The van der Waals surface area contributed by atoms with Gasteiger partial charge in [0.2, 0.25) is 0 Å². The zero-order valence-corrected chi connectivity index (χ0v) is 15.7. The van der Waals surface area contributed by atoms with Crippen molar-refractivity contribution in [2.45, 2.75) is 18.8 Å². The molecule has 0 spiro atoms. The lowest BCUT2D eigenvalue weighted by molar-refractivity contribution is -0.419. The van der Waals surface area contributed by atoms with E-state index in [2.05, 4.69) is 19.6 Å². The average Bonchev–Trinajstić information content (AvgIpc) is 2.90. The molecule has 3 rings (SSSR count). The van der Waals surface area contributed by atoms with Crippen LogP contribution in [0.3, 0.4) is 0 Å². The maximum absolute atomic E-state index is 12.2. The quantitative estimate of drug-likeness (QED) is 0.355. The van der Waals surface area contributed by atoms with Gasteiger partial charge in [-0.3, -0.25) is 14.9 Å². The Morgan fingerprint density at radius 2 is 2.04 bits per heavy atom. The first-order valence-electron chi connectivity index (χ1n) is 9.02. The van der Waals surface area contributed by atoms with Crippen LogP contribution >= 0.6 is 0 Å². The molecule has 1 aliphatic carbocycles. The fourth-order valence-corrected chi connectivity index (χ4v) is 3.81. The van der Waals surface area contributed by atoms with E-state index in [0.29, 0.717) is 13.0 Å². The molecule has 0 saturated carbocycles. The molecule has 144 valence electrons. The first kappa shape index (κ1) is 19.5. The van der Waals surface area contributed by atoms with E-state index >= 15 is 0 Å². The minimum absolute atomic E-state index is 0.0283. The highest BCUT2D eigenvalue weighted by atomic mass is 16.6. The second-order valence-electron chi connectivity index (χ2n) is 6.92. The van der Waals surface area contributed by atoms with Crippen molar-refractivity contribution in [3.05, 3.63) is 99.9 Å². The Kier molecular flexibility index (Phi) is 5.42. The van der Waals surface area contributed by atoms with Gasteiger partial charge in [0.25, 0.3) is 5.70 Å². The SMILES string of the molecule is C=CCC1(C)/C(=C\C=C2\C=C([N+](=O)[O-])C=CC2=O)N(CCO)c2ccccc21. The smallest absolute Gasteiger partial charge is 0.270 e. The van der Waals surface area contributed by atoms with Crippen LogP contribution in [0, 0.1) is 10.1 Å². The van der Waals surface area contributed by atoms with Crippen molar-refractivity contribution in [2.75, 3.05) is 18.1 Å². The number of aliphatic hydroxyl groups is 1. The number of aliphatic hydroxyl groups excluding tert-OH is 1. The Bertz CT molecular complexity index is 955. The van der Waals surface area contributed by atoms with Gasteiger partial charge in [0.05, 0.1) is 11.5 Å². The fourth-order valence-electron chi connectivity index (χ4n) is 3.81. The lowest BCUT2D eigenvalue weighted by Crippen LogP contribution is -2.30. The van der Waals surface area contributed by atoms with Gasteiger partial charge in [0.1, 0.15) is 0 Å². The summed E-state index contributed by atoms with van der Waals surface area (Å²) in [6.07, 6.45) is 9.65. The van der Waals surface area contributed by atoms with Gasteiger partial charge in [-0.2, -0.15) is 0 Å². The van der Waals surface area contributed by atoms with Gasteiger partial charge in [-0.1, -0.05) is 24.3 Å². The third-order valence-corrected chi connectivity index (χ3v) is 5.15. The molecule has 6 heteroatoms. The van der Waals surface area contributed by atoms with Crippen molar-refractivity contribution < 1.29 is 14.8 Å². The first-order valence-corrected chi connectivity index (χ1v) is 9.02. The molecule has 0 saturated heterocycles. The summed E-state index contributed by atoms with van der Waals surface area (Å²) in [6, 6.07) is 7.97. The Morgan fingerprint density at radius 1 is 1.29 bits per heavy atom. The predicted octanol–water partition coefficient (Wildman–Crippen LogP) is 3.44. The number of carbonyl (C=O) groups excluding carboxylic acids is 1. The monoisotopic (exact) mass is 378 g/mol. The van der Waals surface area contributed by atoms with Crippen LogP contribution in [0.5, 0.6) is 0 Å². The molecule has 1 aliphatic heterocycles. The molecule has 1 N–H and O–H groups in total. The molecule has 0 bridgehead atoms. The molecule has 1 aromatic rings. The van der Waals surface area contributed by atoms with Gasteiger partial charge in [0, 0.05) is 41.1 Å². The average molecular weight is 378 g/mol. The van der Waals surface area contributed by atoms with E-state index in [1.54, 1.807) is 6.08 Å². The van der Waals surface area contributed by atoms with E-state index in [1.807, 2.05) is 35.3 Å². The van der Waals surface area contributed by atoms with E-state index in [1.165, 1.54) is 18.2 Å². The van der Waals surface area contributed by atoms with Crippen molar-refractivity contribution in [3.8, 4) is 0 Å². The number of anilines is 1. The zero-order valence-electron chi connectivity index (χ0n) is 15.7. The number of benzene rings is 1. The number of nitro groups is 1. The lowest BCUT2D eigenvalue weighted by atomic mass is 9.78. The highest BCUT2D eigenvalue weighted by molar-refractivity contribution is 6.07. The molecule has 0 aromatic heterocycles. The Morgan fingerprint density at radius 3 is 2.71 bits per heavy atom. The Labute approximate surface area is 163 Å². The first-order chi connectivity index (χ1) is 13.4. The molecular formula is C22H22N2O4. The van der Waals surface area contributed by atoms with Crippen molar-refractivity contribution in [1.29, 1.82) is 0 Å². The summed E-state index contributed by atoms with van der Waals surface area (Å²) in [5.74, 6) is -0.280. The number of nitrogens with zero attached hydrogens (tertiary/aromatic N) is 2. The molecule has 6 nitrogen and oxygen atoms in total. The van der Waals surface area contributed by atoms with Crippen molar-refractivity contribution in [1.82, 2.24) is 0 Å². The zero-order chi connectivity index (χ0) is 20.3. The highest BCUT2D eigenvalue weighted by Crippen LogP contribution is 2.49. The van der Waals surface area contributed by atoms with Gasteiger partial charge in [-0.05, 0) is 43.2 Å². The standard InChI is InChI=1S/C22H22N2O4/c1-3-12-22(2)18-6-4-5-7-19(18)23(13-14-25)21(22)11-8-16-15-17(24(27)28)9-10-20(16)26/h3-11,15,25H,1,12-14H2,2H3/b16-8-,21-11+. The maximum atomic E-state index is 12.2. The number of hydrogen-bond acceptors (Lipinski definition) is 5. The minimum atomic E-state index is -0.519. The number of carbonyl (C=O) groups is 1. The van der Waals surface area contributed by atoms with E-state index in [9.17, 15) is 20.0 Å². The van der Waals surface area contributed by atoms with E-state index in [4.69, 9.17) is 0 Å². The number of ketones is 1. The molecule has 0 radical (unpaired) electrons. The van der Waals surface area contributed by atoms with Crippen LogP contribution in [0.15, 0.2) is 84.3 Å². The maximum Gasteiger partial charge on any atom is 0.270 e. The van der Waals surface area contributed by atoms with Crippen molar-refractivity contribution in [2.24, 2.45) is 0 Å². The van der Waals surface area contributed by atoms with Crippen LogP contribution in [0.4, 0.5) is 5.69 Å². The van der Waals surface area contributed by atoms with Crippen LogP contribution in [0.2, 0.25) is 0 Å². The van der Waals surface area contributed by atoms with Gasteiger partial charge < -0.3 is 10.0 Å². The Hall–Kier alpha value is -3.25. The highest BCUT2D eigenvalue weighted by Gasteiger charge is 2.42. The van der Waals surface area contributed by atoms with Crippen molar-refractivity contribution >= 4 is 11.5 Å². The second-order valence-corrected chi connectivity index (χ2v) is 6.92. The normalized spacial score (nSPS) is 23.9. The Balaban J connectivity index is 2.12. The molecule has 1 aromatic carbocycles. The molecule has 28 heavy (non-hydrogen) atoms. The third-order valence-electron chi connectivity index (χ3n) is 5.15. The fraction of sp³-hybridized carbons (Fsp3) is 0.227. The van der Waals surface area contributed by atoms with Gasteiger partial charge in [-0.15, -0.1) is 6.58 Å². The van der Waals surface area contributed by atoms with E-state index in [0.717, 1.165) is 16.9 Å². The summed E-state index contributed by atoms with van der Waals surface area (Å²) in [5.41, 5.74) is 2.77. The number of fused-ring (bicyclic) bond motifs is 1. The molecule has 1 unspecified atom stereocenters. The summed E-state index contributed by atoms with van der Waals surface area (Å²) in [4.78, 5) is 24.7. The summed E-state index contributed by atoms with van der Waals surface area (Å²) >= 11 is 0.